The third-order valence-corrected chi connectivity index (χ3v) is 4.27. The van der Waals surface area contributed by atoms with Gasteiger partial charge < -0.3 is 14.8 Å². The number of anilines is 1. The van der Waals surface area contributed by atoms with Crippen LogP contribution in [0.25, 0.3) is 0 Å². The number of thioether (sulfide) groups is 1. The smallest absolute Gasteiger partial charge is 0.255 e. The van der Waals surface area contributed by atoms with Crippen LogP contribution in [0.3, 0.4) is 0 Å². The minimum absolute atomic E-state index is 0.196. The van der Waals surface area contributed by atoms with Crippen LogP contribution in [0.1, 0.15) is 15.9 Å². The van der Waals surface area contributed by atoms with E-state index in [0.29, 0.717) is 23.5 Å². The van der Waals surface area contributed by atoms with Gasteiger partial charge in [-0.2, -0.15) is 0 Å². The molecule has 0 spiro atoms. The molecule has 0 fully saturated rings. The summed E-state index contributed by atoms with van der Waals surface area (Å²) < 4.78 is 10.7. The zero-order chi connectivity index (χ0) is 17.5. The van der Waals surface area contributed by atoms with Gasteiger partial charge in [-0.25, -0.2) is 0 Å². The predicted octanol–water partition coefficient (Wildman–Crippen LogP) is 4.41. The number of amides is 1. The topological polar surface area (TPSA) is 47.6 Å². The first-order chi connectivity index (χ1) is 11.6. The number of hydrogen-bond acceptors (Lipinski definition) is 4. The minimum atomic E-state index is -0.196. The van der Waals surface area contributed by atoms with Crippen LogP contribution in [0.4, 0.5) is 5.69 Å². The first-order valence-electron chi connectivity index (χ1n) is 7.44. The fourth-order valence-electron chi connectivity index (χ4n) is 2.36. The molecule has 5 heteroatoms. The zero-order valence-corrected chi connectivity index (χ0v) is 14.9. The molecule has 0 saturated carbocycles. The van der Waals surface area contributed by atoms with E-state index in [0.717, 1.165) is 16.1 Å². The molecule has 1 N–H and O–H groups in total. The average Bonchev–Trinajstić information content (AvgIpc) is 2.61. The quantitative estimate of drug-likeness (QED) is 0.598. The van der Waals surface area contributed by atoms with Crippen molar-refractivity contribution < 1.29 is 14.3 Å². The molecule has 0 aliphatic heterocycles. The Morgan fingerprint density at radius 1 is 1.21 bits per heavy atom. The summed E-state index contributed by atoms with van der Waals surface area (Å²) in [6.45, 7) is 3.75. The highest BCUT2D eigenvalue weighted by molar-refractivity contribution is 7.98. The van der Waals surface area contributed by atoms with Crippen LogP contribution in [-0.2, 0) is 6.42 Å². The molecule has 4 nitrogen and oxygen atoms in total. The van der Waals surface area contributed by atoms with Crippen molar-refractivity contribution in [2.24, 2.45) is 0 Å². The number of benzene rings is 2. The van der Waals surface area contributed by atoms with E-state index in [-0.39, 0.29) is 5.91 Å². The van der Waals surface area contributed by atoms with Crippen LogP contribution < -0.4 is 14.8 Å². The summed E-state index contributed by atoms with van der Waals surface area (Å²) in [5.41, 5.74) is 2.12. The van der Waals surface area contributed by atoms with E-state index in [1.54, 1.807) is 44.2 Å². The number of rotatable bonds is 7. The van der Waals surface area contributed by atoms with E-state index in [1.165, 1.54) is 0 Å². The molecule has 24 heavy (non-hydrogen) atoms. The second-order valence-corrected chi connectivity index (χ2v) is 5.93. The van der Waals surface area contributed by atoms with Gasteiger partial charge in [0.15, 0.2) is 11.5 Å². The molecule has 0 heterocycles. The molecule has 0 radical (unpaired) electrons. The lowest BCUT2D eigenvalue weighted by molar-refractivity contribution is 0.102. The van der Waals surface area contributed by atoms with Crippen LogP contribution >= 0.6 is 11.8 Å². The largest absolute Gasteiger partial charge is 0.493 e. The van der Waals surface area contributed by atoms with Crippen LogP contribution in [0.5, 0.6) is 11.5 Å². The maximum Gasteiger partial charge on any atom is 0.255 e. The lowest BCUT2D eigenvalue weighted by atomic mass is 10.0. The predicted molar refractivity (Wildman–Crippen MR) is 99.6 cm³/mol. The summed E-state index contributed by atoms with van der Waals surface area (Å²) in [5.74, 6) is 0.955. The highest BCUT2D eigenvalue weighted by Crippen LogP contribution is 2.33. The van der Waals surface area contributed by atoms with Crippen molar-refractivity contribution in [2.75, 3.05) is 25.8 Å². The molecule has 0 atom stereocenters. The van der Waals surface area contributed by atoms with Crippen molar-refractivity contribution in [3.8, 4) is 11.5 Å². The zero-order valence-electron chi connectivity index (χ0n) is 14.1. The van der Waals surface area contributed by atoms with Crippen molar-refractivity contribution in [3.05, 3.63) is 60.2 Å². The summed E-state index contributed by atoms with van der Waals surface area (Å²) in [5, 5.41) is 2.90. The Morgan fingerprint density at radius 2 is 1.92 bits per heavy atom. The summed E-state index contributed by atoms with van der Waals surface area (Å²) in [6, 6.07) is 11.2. The summed E-state index contributed by atoms with van der Waals surface area (Å²) >= 11 is 1.66. The number of allylic oxidation sites excluding steroid dienone is 1. The number of ether oxygens (including phenoxy) is 2. The van der Waals surface area contributed by atoms with Crippen molar-refractivity contribution >= 4 is 23.4 Å². The highest BCUT2D eigenvalue weighted by atomic mass is 32.2. The Labute approximate surface area is 146 Å². The van der Waals surface area contributed by atoms with Crippen molar-refractivity contribution in [1.82, 2.24) is 0 Å². The second kappa shape index (κ2) is 8.45. The molecule has 0 aromatic heterocycles. The molecular weight excluding hydrogens is 322 g/mol. The monoisotopic (exact) mass is 343 g/mol. The van der Waals surface area contributed by atoms with Gasteiger partial charge in [0.2, 0.25) is 0 Å². The van der Waals surface area contributed by atoms with Gasteiger partial charge in [0.25, 0.3) is 5.91 Å². The van der Waals surface area contributed by atoms with Gasteiger partial charge in [0.1, 0.15) is 0 Å². The second-order valence-electron chi connectivity index (χ2n) is 5.05. The Kier molecular flexibility index (Phi) is 6.32. The van der Waals surface area contributed by atoms with E-state index in [1.807, 2.05) is 30.5 Å². The molecule has 0 aliphatic carbocycles. The van der Waals surface area contributed by atoms with Crippen molar-refractivity contribution in [3.63, 3.8) is 0 Å². The van der Waals surface area contributed by atoms with E-state index in [2.05, 4.69) is 11.9 Å². The summed E-state index contributed by atoms with van der Waals surface area (Å²) in [6.07, 6.45) is 4.36. The summed E-state index contributed by atoms with van der Waals surface area (Å²) in [7, 11) is 3.13. The maximum atomic E-state index is 12.6. The Balaban J connectivity index is 2.30. The molecule has 2 aromatic rings. The number of hydrogen-bond donors (Lipinski definition) is 1. The molecule has 126 valence electrons. The van der Waals surface area contributed by atoms with E-state index < -0.39 is 0 Å². The third kappa shape index (κ3) is 4.11. The average molecular weight is 343 g/mol. The molecule has 0 bridgehead atoms. The maximum absolute atomic E-state index is 12.6. The van der Waals surface area contributed by atoms with Gasteiger partial charge in [-0.15, -0.1) is 18.3 Å². The molecular formula is C19H21NO3S. The fraction of sp³-hybridized carbons (Fsp3) is 0.211. The van der Waals surface area contributed by atoms with Gasteiger partial charge in [0.05, 0.1) is 14.2 Å². The van der Waals surface area contributed by atoms with E-state index in [4.69, 9.17) is 9.47 Å². The van der Waals surface area contributed by atoms with E-state index >= 15 is 0 Å². The van der Waals surface area contributed by atoms with Crippen LogP contribution in [0, 0.1) is 0 Å². The third-order valence-electron chi connectivity index (χ3n) is 3.53. The summed E-state index contributed by atoms with van der Waals surface area (Å²) in [4.78, 5) is 13.7. The number of carbonyl (C=O) groups is 1. The van der Waals surface area contributed by atoms with Gasteiger partial charge in [-0.1, -0.05) is 6.08 Å². The molecule has 0 aliphatic rings. The van der Waals surface area contributed by atoms with Crippen molar-refractivity contribution in [1.29, 1.82) is 0 Å². The SMILES string of the molecule is C=CCc1cc(C(=O)Nc2ccc(SC)cc2)cc(OC)c1OC. The standard InChI is InChI=1S/C19H21NO3S/c1-5-6-13-11-14(12-17(22-2)18(13)23-3)19(21)20-15-7-9-16(24-4)10-8-15/h5,7-12H,1,6H2,2-4H3,(H,20,21). The van der Waals surface area contributed by atoms with Gasteiger partial charge >= 0.3 is 0 Å². The van der Waals surface area contributed by atoms with Gasteiger partial charge in [-0.05, 0) is 49.1 Å². The fourth-order valence-corrected chi connectivity index (χ4v) is 2.77. The number of nitrogens with one attached hydrogen (secondary N) is 1. The lowest BCUT2D eigenvalue weighted by Crippen LogP contribution is -2.13. The first kappa shape index (κ1) is 17.9. The normalized spacial score (nSPS) is 10.1. The molecule has 2 rings (SSSR count). The highest BCUT2D eigenvalue weighted by Gasteiger charge is 2.15. The van der Waals surface area contributed by atoms with Crippen LogP contribution in [0.2, 0.25) is 0 Å². The molecule has 1 amide bonds. The Bertz CT molecular complexity index is 726. The Hall–Kier alpha value is -2.40. The van der Waals surface area contributed by atoms with Crippen LogP contribution in [-0.4, -0.2) is 26.4 Å². The molecule has 2 aromatic carbocycles. The lowest BCUT2D eigenvalue weighted by Gasteiger charge is -2.14. The van der Waals surface area contributed by atoms with Crippen molar-refractivity contribution in [2.45, 2.75) is 11.3 Å². The molecule has 0 saturated heterocycles. The van der Waals surface area contributed by atoms with Gasteiger partial charge in [0, 0.05) is 21.7 Å². The van der Waals surface area contributed by atoms with Crippen LogP contribution in [0.15, 0.2) is 53.9 Å². The van der Waals surface area contributed by atoms with Gasteiger partial charge in [-0.3, -0.25) is 4.79 Å². The number of carbonyl (C=O) groups excluding carboxylic acids is 1. The first-order valence-corrected chi connectivity index (χ1v) is 8.66. The Morgan fingerprint density at radius 3 is 2.46 bits per heavy atom. The minimum Gasteiger partial charge on any atom is -0.493 e. The number of methoxy groups -OCH3 is 2. The molecule has 0 unspecified atom stereocenters. The van der Waals surface area contributed by atoms with E-state index in [9.17, 15) is 4.79 Å².